The van der Waals surface area contributed by atoms with Gasteiger partial charge in [-0.1, -0.05) is 0 Å². The van der Waals surface area contributed by atoms with Crippen LogP contribution in [0.4, 0.5) is 5.69 Å². The lowest BCUT2D eigenvalue weighted by molar-refractivity contribution is -0.384. The molecule has 0 aromatic heterocycles. The van der Waals surface area contributed by atoms with Gasteiger partial charge < -0.3 is 4.74 Å². The standard InChI is InChI=1S/C8H6NO4/c1-13-8(10)6-2-4-7(5-3-6)9(11)12/h2,4-5H,1H3. The second-order valence-electron chi connectivity index (χ2n) is 2.21. The van der Waals surface area contributed by atoms with Gasteiger partial charge in [-0.3, -0.25) is 10.1 Å². The molecule has 0 aliphatic carbocycles. The van der Waals surface area contributed by atoms with Gasteiger partial charge in [-0.25, -0.2) is 4.79 Å². The zero-order chi connectivity index (χ0) is 9.84. The quantitative estimate of drug-likeness (QED) is 0.389. The van der Waals surface area contributed by atoms with Crippen LogP contribution in [0.2, 0.25) is 0 Å². The molecule has 0 unspecified atom stereocenters. The SMILES string of the molecule is COC(=O)c1[c]cc([N+](=O)[O-])cc1. The minimum Gasteiger partial charge on any atom is -0.465 e. The van der Waals surface area contributed by atoms with E-state index >= 15 is 0 Å². The number of hydrogen-bond donors (Lipinski definition) is 0. The summed E-state index contributed by atoms with van der Waals surface area (Å²) in [5.41, 5.74) is 0.0701. The van der Waals surface area contributed by atoms with Gasteiger partial charge in [0.25, 0.3) is 5.69 Å². The summed E-state index contributed by atoms with van der Waals surface area (Å²) in [4.78, 5) is 20.5. The van der Waals surface area contributed by atoms with E-state index in [9.17, 15) is 14.9 Å². The normalized spacial score (nSPS) is 9.31. The lowest BCUT2D eigenvalue weighted by atomic mass is 10.2. The summed E-state index contributed by atoms with van der Waals surface area (Å²) < 4.78 is 4.40. The van der Waals surface area contributed by atoms with Crippen LogP contribution in [-0.2, 0) is 4.74 Å². The van der Waals surface area contributed by atoms with Crippen molar-refractivity contribution in [2.24, 2.45) is 0 Å². The Balaban J connectivity index is 2.93. The molecule has 0 bridgehead atoms. The highest BCUT2D eigenvalue weighted by molar-refractivity contribution is 5.89. The predicted octanol–water partition coefficient (Wildman–Crippen LogP) is 1.18. The summed E-state index contributed by atoms with van der Waals surface area (Å²) in [5, 5.41) is 10.2. The van der Waals surface area contributed by atoms with Crippen molar-refractivity contribution in [1.29, 1.82) is 0 Å². The highest BCUT2D eigenvalue weighted by Gasteiger charge is 2.08. The molecule has 0 aliphatic heterocycles. The van der Waals surface area contributed by atoms with E-state index in [0.717, 1.165) is 6.07 Å². The van der Waals surface area contributed by atoms with Crippen LogP contribution >= 0.6 is 0 Å². The molecule has 1 aromatic rings. The Labute approximate surface area is 74.1 Å². The first kappa shape index (κ1) is 9.18. The molecule has 0 fully saturated rings. The molecule has 0 N–H and O–H groups in total. The largest absolute Gasteiger partial charge is 0.465 e. The third-order valence-corrected chi connectivity index (χ3v) is 1.41. The van der Waals surface area contributed by atoms with Gasteiger partial charge in [-0.05, 0) is 6.07 Å². The highest BCUT2D eigenvalue weighted by atomic mass is 16.6. The average Bonchev–Trinajstić information content (AvgIpc) is 2.17. The lowest BCUT2D eigenvalue weighted by Crippen LogP contribution is -2.01. The molecule has 5 heteroatoms. The lowest BCUT2D eigenvalue weighted by Gasteiger charge is -1.96. The van der Waals surface area contributed by atoms with Gasteiger partial charge in [0.1, 0.15) is 0 Å². The number of ether oxygens (including phenoxy) is 1. The second-order valence-corrected chi connectivity index (χ2v) is 2.21. The summed E-state index contributed by atoms with van der Waals surface area (Å²) in [5.74, 6) is -0.560. The average molecular weight is 180 g/mol. The van der Waals surface area contributed by atoms with E-state index in [1.54, 1.807) is 0 Å². The van der Waals surface area contributed by atoms with Gasteiger partial charge >= 0.3 is 5.97 Å². The zero-order valence-corrected chi connectivity index (χ0v) is 6.81. The fraction of sp³-hybridized carbons (Fsp3) is 0.125. The predicted molar refractivity (Wildman–Crippen MR) is 43.3 cm³/mol. The molecule has 0 heterocycles. The topological polar surface area (TPSA) is 69.4 Å². The molecule has 0 atom stereocenters. The number of nitro benzene ring substituents is 1. The van der Waals surface area contributed by atoms with Crippen LogP contribution in [-0.4, -0.2) is 18.0 Å². The molecule has 0 amide bonds. The van der Waals surface area contributed by atoms with E-state index in [1.807, 2.05) is 0 Å². The number of nitrogens with zero attached hydrogens (tertiary/aromatic N) is 1. The molecule has 0 spiro atoms. The Bertz CT molecular complexity index is 331. The van der Waals surface area contributed by atoms with E-state index in [0.29, 0.717) is 0 Å². The van der Waals surface area contributed by atoms with Crippen LogP contribution in [0.15, 0.2) is 18.2 Å². The smallest absolute Gasteiger partial charge is 0.338 e. The van der Waals surface area contributed by atoms with E-state index in [1.165, 1.54) is 19.2 Å². The fourth-order valence-electron chi connectivity index (χ4n) is 0.767. The highest BCUT2D eigenvalue weighted by Crippen LogP contribution is 2.11. The van der Waals surface area contributed by atoms with Crippen LogP contribution in [0.3, 0.4) is 0 Å². The summed E-state index contributed by atoms with van der Waals surface area (Å²) in [7, 11) is 1.23. The number of benzene rings is 1. The first-order chi connectivity index (χ1) is 6.15. The third-order valence-electron chi connectivity index (χ3n) is 1.41. The van der Waals surface area contributed by atoms with Crippen LogP contribution in [0.25, 0.3) is 0 Å². The first-order valence-electron chi connectivity index (χ1n) is 3.39. The zero-order valence-electron chi connectivity index (χ0n) is 6.81. The maximum Gasteiger partial charge on any atom is 0.338 e. The van der Waals surface area contributed by atoms with E-state index in [4.69, 9.17) is 0 Å². The second kappa shape index (κ2) is 3.66. The van der Waals surface area contributed by atoms with E-state index in [2.05, 4.69) is 10.8 Å². The van der Waals surface area contributed by atoms with Crippen LogP contribution < -0.4 is 0 Å². The number of carbonyl (C=O) groups excluding carboxylic acids is 1. The third kappa shape index (κ3) is 2.02. The molecule has 0 aliphatic rings. The first-order valence-corrected chi connectivity index (χ1v) is 3.39. The minimum absolute atomic E-state index is 0.104. The summed E-state index contributed by atoms with van der Waals surface area (Å²) in [6, 6.07) is 6.10. The van der Waals surface area contributed by atoms with Crippen molar-refractivity contribution in [3.8, 4) is 0 Å². The van der Waals surface area contributed by atoms with Gasteiger partial charge in [0.15, 0.2) is 0 Å². The van der Waals surface area contributed by atoms with Crippen LogP contribution in [0.5, 0.6) is 0 Å². The van der Waals surface area contributed by atoms with E-state index < -0.39 is 10.9 Å². The monoisotopic (exact) mass is 180 g/mol. The van der Waals surface area contributed by atoms with Gasteiger partial charge in [-0.2, -0.15) is 0 Å². The van der Waals surface area contributed by atoms with Crippen LogP contribution in [0.1, 0.15) is 10.4 Å². The fourth-order valence-corrected chi connectivity index (χ4v) is 0.767. The molecular weight excluding hydrogens is 174 g/mol. The number of esters is 1. The van der Waals surface area contributed by atoms with Crippen molar-refractivity contribution in [3.63, 3.8) is 0 Å². The van der Waals surface area contributed by atoms with Crippen LogP contribution in [0, 0.1) is 16.2 Å². The number of methoxy groups -OCH3 is 1. The van der Waals surface area contributed by atoms with Gasteiger partial charge in [-0.15, -0.1) is 0 Å². The Hall–Kier alpha value is -1.91. The molecule has 5 nitrogen and oxygen atoms in total. The van der Waals surface area contributed by atoms with Crippen molar-refractivity contribution in [2.75, 3.05) is 7.11 Å². The maximum atomic E-state index is 10.9. The minimum atomic E-state index is -0.560. The molecule has 13 heavy (non-hydrogen) atoms. The van der Waals surface area contributed by atoms with Crippen molar-refractivity contribution in [3.05, 3.63) is 39.9 Å². The number of nitro groups is 1. The molecular formula is C8H6NO4. The molecule has 1 aromatic carbocycles. The number of carbonyl (C=O) groups is 1. The van der Waals surface area contributed by atoms with Crippen molar-refractivity contribution in [1.82, 2.24) is 0 Å². The van der Waals surface area contributed by atoms with Gasteiger partial charge in [0.2, 0.25) is 0 Å². The Kier molecular flexibility index (Phi) is 2.59. The summed E-state index contributed by atoms with van der Waals surface area (Å²) in [6.07, 6.45) is 0. The van der Waals surface area contributed by atoms with Crippen molar-refractivity contribution >= 4 is 11.7 Å². The van der Waals surface area contributed by atoms with Gasteiger partial charge in [0, 0.05) is 18.2 Å². The number of rotatable bonds is 2. The Morgan fingerprint density at radius 1 is 1.62 bits per heavy atom. The Morgan fingerprint density at radius 2 is 2.31 bits per heavy atom. The molecule has 1 rings (SSSR count). The van der Waals surface area contributed by atoms with Crippen molar-refractivity contribution < 1.29 is 14.5 Å². The van der Waals surface area contributed by atoms with Crippen molar-refractivity contribution in [2.45, 2.75) is 0 Å². The number of non-ortho nitro benzene ring substituents is 1. The molecule has 1 radical (unpaired) electrons. The number of hydrogen-bond acceptors (Lipinski definition) is 4. The van der Waals surface area contributed by atoms with E-state index in [-0.39, 0.29) is 11.3 Å². The summed E-state index contributed by atoms with van der Waals surface area (Å²) in [6.45, 7) is 0. The molecule has 0 saturated carbocycles. The van der Waals surface area contributed by atoms with Gasteiger partial charge in [0.05, 0.1) is 17.6 Å². The Morgan fingerprint density at radius 3 is 2.69 bits per heavy atom. The summed E-state index contributed by atoms with van der Waals surface area (Å²) >= 11 is 0. The maximum absolute atomic E-state index is 10.9. The molecule has 0 saturated heterocycles. The molecule has 67 valence electrons.